The maximum absolute atomic E-state index is 9.80. The molecule has 2 aliphatic rings. The van der Waals surface area contributed by atoms with Crippen LogP contribution in [0, 0.1) is 0 Å². The van der Waals surface area contributed by atoms with Gasteiger partial charge in [0.15, 0.2) is 12.1 Å². The maximum Gasteiger partial charge on any atom is 0.184 e. The molecule has 140 valence electrons. The van der Waals surface area contributed by atoms with Gasteiger partial charge in [0.1, 0.15) is 31.2 Å². The highest BCUT2D eigenvalue weighted by Gasteiger charge is 2.49. The molecule has 2 saturated heterocycles. The Bertz CT molecular complexity index is 535. The number of aliphatic hydroxyl groups is 1. The van der Waals surface area contributed by atoms with Gasteiger partial charge in [-0.25, -0.2) is 0 Å². The van der Waals surface area contributed by atoms with Crippen LogP contribution in [0.2, 0.25) is 0 Å². The molecule has 1 aromatic rings. The van der Waals surface area contributed by atoms with E-state index in [0.29, 0.717) is 6.61 Å². The lowest BCUT2D eigenvalue weighted by molar-refractivity contribution is -0.307. The Morgan fingerprint density at radius 1 is 1.20 bits per heavy atom. The van der Waals surface area contributed by atoms with Gasteiger partial charge in [-0.3, -0.25) is 0 Å². The summed E-state index contributed by atoms with van der Waals surface area (Å²) in [6, 6.07) is 9.68. The second kappa shape index (κ2) is 8.09. The third-order valence-corrected chi connectivity index (χ3v) is 4.25. The summed E-state index contributed by atoms with van der Waals surface area (Å²) >= 11 is 0. The van der Waals surface area contributed by atoms with Crippen LogP contribution in [0.25, 0.3) is 0 Å². The second-order valence-corrected chi connectivity index (χ2v) is 6.61. The summed E-state index contributed by atoms with van der Waals surface area (Å²) in [4.78, 5) is 0. The number of benzene rings is 1. The molecule has 1 unspecified atom stereocenters. The van der Waals surface area contributed by atoms with Crippen LogP contribution >= 0.6 is 0 Å². The topological polar surface area (TPSA) is 75.6 Å². The number of fused-ring (bicyclic) bond motifs is 1. The highest BCUT2D eigenvalue weighted by molar-refractivity contribution is 5.16. The van der Waals surface area contributed by atoms with E-state index in [2.05, 4.69) is 0 Å². The number of aliphatic hydroxyl groups excluding tert-OH is 1. The third-order valence-electron chi connectivity index (χ3n) is 4.25. The molecule has 1 N–H and O–H groups in total. The number of rotatable bonds is 5. The SMILES string of the molecule is COCO[C@H]1[C@@H]2OC(c3ccccc3)OC[C@H]2OC(C)(C)O[C@@H]1CO. The first kappa shape index (κ1) is 18.7. The van der Waals surface area contributed by atoms with E-state index in [4.69, 9.17) is 28.4 Å². The van der Waals surface area contributed by atoms with E-state index in [1.54, 1.807) is 21.0 Å². The van der Waals surface area contributed by atoms with E-state index in [-0.39, 0.29) is 19.5 Å². The molecule has 0 aromatic heterocycles. The quantitative estimate of drug-likeness (QED) is 0.805. The molecule has 3 rings (SSSR count). The van der Waals surface area contributed by atoms with E-state index in [1.165, 1.54) is 0 Å². The van der Waals surface area contributed by atoms with Gasteiger partial charge < -0.3 is 33.5 Å². The molecule has 0 saturated carbocycles. The van der Waals surface area contributed by atoms with Crippen molar-refractivity contribution in [2.24, 2.45) is 0 Å². The average Bonchev–Trinajstić information content (AvgIpc) is 2.72. The molecule has 1 aromatic carbocycles. The molecule has 7 nitrogen and oxygen atoms in total. The minimum Gasteiger partial charge on any atom is -0.394 e. The van der Waals surface area contributed by atoms with Crippen LogP contribution in [0.3, 0.4) is 0 Å². The minimum absolute atomic E-state index is 0.0639. The zero-order valence-electron chi connectivity index (χ0n) is 14.8. The summed E-state index contributed by atoms with van der Waals surface area (Å²) in [5.74, 6) is -0.895. The third kappa shape index (κ3) is 4.38. The van der Waals surface area contributed by atoms with Crippen LogP contribution in [0.15, 0.2) is 30.3 Å². The summed E-state index contributed by atoms with van der Waals surface area (Å²) in [6.45, 7) is 3.78. The first-order chi connectivity index (χ1) is 12.0. The summed E-state index contributed by atoms with van der Waals surface area (Å²) < 4.78 is 34.8. The zero-order chi connectivity index (χ0) is 17.9. The molecule has 7 heteroatoms. The van der Waals surface area contributed by atoms with Crippen LogP contribution in [-0.2, 0) is 28.4 Å². The normalized spacial score (nSPS) is 35.0. The van der Waals surface area contributed by atoms with E-state index in [9.17, 15) is 5.11 Å². The minimum atomic E-state index is -0.895. The molecule has 0 bridgehead atoms. The average molecular weight is 354 g/mol. The second-order valence-electron chi connectivity index (χ2n) is 6.61. The Kier molecular flexibility index (Phi) is 6.06. The summed E-state index contributed by atoms with van der Waals surface area (Å²) in [5, 5.41) is 9.80. The summed E-state index contributed by atoms with van der Waals surface area (Å²) in [7, 11) is 1.54. The lowest BCUT2D eigenvalue weighted by Crippen LogP contribution is -2.52. The van der Waals surface area contributed by atoms with Gasteiger partial charge in [0.2, 0.25) is 0 Å². The molecule has 0 radical (unpaired) electrons. The summed E-state index contributed by atoms with van der Waals surface area (Å²) in [5.41, 5.74) is 0.913. The van der Waals surface area contributed by atoms with E-state index in [1.807, 2.05) is 30.3 Å². The van der Waals surface area contributed by atoms with Crippen molar-refractivity contribution >= 4 is 0 Å². The van der Waals surface area contributed by atoms with Crippen LogP contribution in [-0.4, -0.2) is 62.4 Å². The highest BCUT2D eigenvalue weighted by Crippen LogP contribution is 2.36. The van der Waals surface area contributed by atoms with Crippen molar-refractivity contribution in [3.05, 3.63) is 35.9 Å². The Balaban J connectivity index is 1.85. The molecule has 25 heavy (non-hydrogen) atoms. The predicted molar refractivity (Wildman–Crippen MR) is 87.7 cm³/mol. The van der Waals surface area contributed by atoms with Crippen molar-refractivity contribution in [1.29, 1.82) is 0 Å². The fourth-order valence-electron chi connectivity index (χ4n) is 3.25. The van der Waals surface area contributed by atoms with Gasteiger partial charge in [0, 0.05) is 12.7 Å². The number of hydrogen-bond donors (Lipinski definition) is 1. The van der Waals surface area contributed by atoms with Crippen molar-refractivity contribution in [3.8, 4) is 0 Å². The maximum atomic E-state index is 9.80. The van der Waals surface area contributed by atoms with Crippen LogP contribution in [0.4, 0.5) is 0 Å². The van der Waals surface area contributed by atoms with E-state index in [0.717, 1.165) is 5.56 Å². The molecular weight excluding hydrogens is 328 g/mol. The van der Waals surface area contributed by atoms with Crippen LogP contribution in [0.1, 0.15) is 25.7 Å². The predicted octanol–water partition coefficient (Wildman–Crippen LogP) is 1.60. The van der Waals surface area contributed by atoms with Gasteiger partial charge in [0.05, 0.1) is 13.2 Å². The summed E-state index contributed by atoms with van der Waals surface area (Å²) in [6.07, 6.45) is -2.52. The smallest absolute Gasteiger partial charge is 0.184 e. The van der Waals surface area contributed by atoms with Crippen LogP contribution < -0.4 is 0 Å². The van der Waals surface area contributed by atoms with Crippen molar-refractivity contribution < 1.29 is 33.5 Å². The highest BCUT2D eigenvalue weighted by atomic mass is 16.8. The standard InChI is InChI=1S/C18H26O7/c1-18(2)24-13(9-19)15(22-11-20-3)16-14(25-18)10-21-17(23-16)12-7-5-4-6-8-12/h4-8,13-17,19H,9-11H2,1-3H3/t13-,14-,15-,16-,17?/m1/s1. The van der Waals surface area contributed by atoms with Crippen LogP contribution in [0.5, 0.6) is 0 Å². The molecule has 2 aliphatic heterocycles. The van der Waals surface area contributed by atoms with Gasteiger partial charge in [-0.05, 0) is 13.8 Å². The van der Waals surface area contributed by atoms with Gasteiger partial charge in [-0.1, -0.05) is 30.3 Å². The molecule has 2 heterocycles. The molecule has 2 fully saturated rings. The molecule has 0 amide bonds. The molecule has 0 aliphatic carbocycles. The Morgan fingerprint density at radius 2 is 1.96 bits per heavy atom. The lowest BCUT2D eigenvalue weighted by atomic mass is 10.0. The van der Waals surface area contributed by atoms with Crippen molar-refractivity contribution in [2.75, 3.05) is 27.1 Å². The Labute approximate surface area is 147 Å². The molecular formula is C18H26O7. The zero-order valence-corrected chi connectivity index (χ0v) is 14.8. The number of methoxy groups -OCH3 is 1. The van der Waals surface area contributed by atoms with Gasteiger partial charge >= 0.3 is 0 Å². The van der Waals surface area contributed by atoms with Gasteiger partial charge in [-0.15, -0.1) is 0 Å². The molecule has 5 atom stereocenters. The van der Waals surface area contributed by atoms with Crippen molar-refractivity contribution in [3.63, 3.8) is 0 Å². The largest absolute Gasteiger partial charge is 0.394 e. The van der Waals surface area contributed by atoms with Crippen molar-refractivity contribution in [2.45, 2.75) is 50.3 Å². The Hall–Kier alpha value is -1.06. The van der Waals surface area contributed by atoms with Crippen molar-refractivity contribution in [1.82, 2.24) is 0 Å². The fraction of sp³-hybridized carbons (Fsp3) is 0.667. The number of hydrogen-bond acceptors (Lipinski definition) is 7. The molecule has 0 spiro atoms. The number of ether oxygens (including phenoxy) is 6. The monoisotopic (exact) mass is 354 g/mol. The van der Waals surface area contributed by atoms with Gasteiger partial charge in [-0.2, -0.15) is 0 Å². The Morgan fingerprint density at radius 3 is 2.64 bits per heavy atom. The first-order valence-electron chi connectivity index (χ1n) is 8.43. The van der Waals surface area contributed by atoms with Gasteiger partial charge in [0.25, 0.3) is 0 Å². The van der Waals surface area contributed by atoms with E-state index >= 15 is 0 Å². The van der Waals surface area contributed by atoms with E-state index < -0.39 is 30.4 Å². The lowest BCUT2D eigenvalue weighted by Gasteiger charge is -2.39. The first-order valence-corrected chi connectivity index (χ1v) is 8.43. The fourth-order valence-corrected chi connectivity index (χ4v) is 3.25.